The minimum atomic E-state index is -0.726. The van der Waals surface area contributed by atoms with Gasteiger partial charge in [-0.3, -0.25) is 4.79 Å². The fourth-order valence-electron chi connectivity index (χ4n) is 2.57. The minimum absolute atomic E-state index is 0.0764. The lowest BCUT2D eigenvalue weighted by Gasteiger charge is -2.17. The molecule has 1 saturated heterocycles. The monoisotopic (exact) mass is 249 g/mol. The van der Waals surface area contributed by atoms with Crippen molar-refractivity contribution in [1.82, 2.24) is 5.32 Å². The SMILES string of the molecule is CCc1cccc(C2CC(C(=O)O)CN2)c1OC. The van der Waals surface area contributed by atoms with Crippen molar-refractivity contribution < 1.29 is 14.6 Å². The predicted octanol–water partition coefficient (Wildman–Crippen LogP) is 1.99. The Hall–Kier alpha value is -1.55. The Balaban J connectivity index is 2.26. The highest BCUT2D eigenvalue weighted by molar-refractivity contribution is 5.71. The number of hydrogen-bond donors (Lipinski definition) is 2. The van der Waals surface area contributed by atoms with Gasteiger partial charge in [-0.2, -0.15) is 0 Å². The van der Waals surface area contributed by atoms with Gasteiger partial charge < -0.3 is 15.2 Å². The fraction of sp³-hybridized carbons (Fsp3) is 0.500. The number of rotatable bonds is 4. The van der Waals surface area contributed by atoms with Crippen LogP contribution in [0.3, 0.4) is 0 Å². The zero-order chi connectivity index (χ0) is 13.1. The van der Waals surface area contributed by atoms with Crippen molar-refractivity contribution in [2.24, 2.45) is 5.92 Å². The molecule has 4 heteroatoms. The van der Waals surface area contributed by atoms with Crippen molar-refractivity contribution in [3.63, 3.8) is 0 Å². The van der Waals surface area contributed by atoms with E-state index < -0.39 is 5.97 Å². The molecular weight excluding hydrogens is 230 g/mol. The molecule has 98 valence electrons. The summed E-state index contributed by atoms with van der Waals surface area (Å²) in [5, 5.41) is 12.3. The lowest BCUT2D eigenvalue weighted by Crippen LogP contribution is -2.17. The number of aliphatic carboxylic acids is 1. The van der Waals surface area contributed by atoms with Gasteiger partial charge >= 0.3 is 5.97 Å². The third-order valence-corrected chi connectivity index (χ3v) is 3.57. The summed E-state index contributed by atoms with van der Waals surface area (Å²) in [6.07, 6.45) is 1.53. The molecule has 1 aliphatic rings. The highest BCUT2D eigenvalue weighted by atomic mass is 16.5. The van der Waals surface area contributed by atoms with Crippen LogP contribution in [-0.4, -0.2) is 24.7 Å². The van der Waals surface area contributed by atoms with Gasteiger partial charge in [-0.05, 0) is 18.4 Å². The quantitative estimate of drug-likeness (QED) is 0.856. The van der Waals surface area contributed by atoms with Crippen LogP contribution in [0.1, 0.15) is 30.5 Å². The van der Waals surface area contributed by atoms with Gasteiger partial charge in [0.2, 0.25) is 0 Å². The van der Waals surface area contributed by atoms with Crippen LogP contribution >= 0.6 is 0 Å². The molecule has 4 nitrogen and oxygen atoms in total. The van der Waals surface area contributed by atoms with E-state index in [4.69, 9.17) is 9.84 Å². The Morgan fingerprint density at radius 1 is 1.56 bits per heavy atom. The summed E-state index contributed by atoms with van der Waals surface area (Å²) in [7, 11) is 1.67. The maximum atomic E-state index is 11.0. The first-order valence-corrected chi connectivity index (χ1v) is 6.29. The van der Waals surface area contributed by atoms with Crippen LogP contribution in [0, 0.1) is 5.92 Å². The number of carboxylic acids is 1. The summed E-state index contributed by atoms with van der Waals surface area (Å²) in [5.74, 6) is -0.135. The first kappa shape index (κ1) is 12.9. The summed E-state index contributed by atoms with van der Waals surface area (Å²) in [6.45, 7) is 2.61. The molecule has 1 fully saturated rings. The molecule has 2 unspecified atom stereocenters. The van der Waals surface area contributed by atoms with E-state index in [-0.39, 0.29) is 12.0 Å². The van der Waals surface area contributed by atoms with Gasteiger partial charge in [-0.1, -0.05) is 25.1 Å². The molecule has 0 spiro atoms. The number of ether oxygens (including phenoxy) is 1. The Bertz CT molecular complexity index is 445. The first-order chi connectivity index (χ1) is 8.67. The molecular formula is C14H19NO3. The first-order valence-electron chi connectivity index (χ1n) is 6.29. The summed E-state index contributed by atoms with van der Waals surface area (Å²) in [5.41, 5.74) is 2.23. The zero-order valence-electron chi connectivity index (χ0n) is 10.8. The molecule has 0 bridgehead atoms. The summed E-state index contributed by atoms with van der Waals surface area (Å²) < 4.78 is 5.49. The van der Waals surface area contributed by atoms with Gasteiger partial charge in [-0.25, -0.2) is 0 Å². The zero-order valence-corrected chi connectivity index (χ0v) is 10.8. The molecule has 0 amide bonds. The molecule has 0 saturated carbocycles. The smallest absolute Gasteiger partial charge is 0.307 e. The largest absolute Gasteiger partial charge is 0.496 e. The number of carbonyl (C=O) groups is 1. The Kier molecular flexibility index (Phi) is 3.87. The molecule has 1 aliphatic heterocycles. The number of carboxylic acid groups (broad SMARTS) is 1. The molecule has 1 aromatic rings. The van der Waals surface area contributed by atoms with E-state index in [0.29, 0.717) is 13.0 Å². The van der Waals surface area contributed by atoms with Crippen LogP contribution < -0.4 is 10.1 Å². The molecule has 2 rings (SSSR count). The molecule has 0 aliphatic carbocycles. The van der Waals surface area contributed by atoms with Gasteiger partial charge in [0.15, 0.2) is 0 Å². The van der Waals surface area contributed by atoms with Crippen molar-refractivity contribution in [2.75, 3.05) is 13.7 Å². The highest BCUT2D eigenvalue weighted by Gasteiger charge is 2.31. The number of para-hydroxylation sites is 1. The van der Waals surface area contributed by atoms with Crippen molar-refractivity contribution in [1.29, 1.82) is 0 Å². The summed E-state index contributed by atoms with van der Waals surface area (Å²) in [6, 6.07) is 6.14. The highest BCUT2D eigenvalue weighted by Crippen LogP contribution is 2.35. The second kappa shape index (κ2) is 5.40. The van der Waals surface area contributed by atoms with E-state index in [2.05, 4.69) is 12.2 Å². The average molecular weight is 249 g/mol. The van der Waals surface area contributed by atoms with Crippen molar-refractivity contribution in [3.05, 3.63) is 29.3 Å². The third-order valence-electron chi connectivity index (χ3n) is 3.57. The number of nitrogens with one attached hydrogen (secondary N) is 1. The van der Waals surface area contributed by atoms with Gasteiger partial charge in [0, 0.05) is 18.2 Å². The second-order valence-corrected chi connectivity index (χ2v) is 4.62. The Morgan fingerprint density at radius 2 is 2.33 bits per heavy atom. The van der Waals surface area contributed by atoms with Gasteiger partial charge in [0.1, 0.15) is 5.75 Å². The van der Waals surface area contributed by atoms with E-state index in [1.54, 1.807) is 7.11 Å². The molecule has 1 heterocycles. The molecule has 0 aromatic heterocycles. The standard InChI is InChI=1S/C14H19NO3/c1-3-9-5-4-6-11(13(9)18-2)12-7-10(8-15-12)14(16)17/h4-6,10,12,15H,3,7-8H2,1-2H3,(H,16,17). The maximum absolute atomic E-state index is 11.0. The van der Waals surface area contributed by atoms with Crippen LogP contribution in [0.25, 0.3) is 0 Å². The van der Waals surface area contributed by atoms with Crippen LogP contribution in [0.2, 0.25) is 0 Å². The lowest BCUT2D eigenvalue weighted by molar-refractivity contribution is -0.141. The molecule has 1 aromatic carbocycles. The Labute approximate surface area is 107 Å². The van der Waals surface area contributed by atoms with E-state index in [1.165, 1.54) is 0 Å². The van der Waals surface area contributed by atoms with Gasteiger partial charge in [0.05, 0.1) is 13.0 Å². The van der Waals surface area contributed by atoms with E-state index >= 15 is 0 Å². The van der Waals surface area contributed by atoms with E-state index in [1.807, 2.05) is 18.2 Å². The van der Waals surface area contributed by atoms with E-state index in [0.717, 1.165) is 23.3 Å². The van der Waals surface area contributed by atoms with Crippen LogP contribution in [0.4, 0.5) is 0 Å². The maximum Gasteiger partial charge on any atom is 0.307 e. The second-order valence-electron chi connectivity index (χ2n) is 4.62. The number of aryl methyl sites for hydroxylation is 1. The average Bonchev–Trinajstić information content (AvgIpc) is 2.87. The van der Waals surface area contributed by atoms with Crippen molar-refractivity contribution in [3.8, 4) is 5.75 Å². The molecule has 2 N–H and O–H groups in total. The summed E-state index contributed by atoms with van der Waals surface area (Å²) in [4.78, 5) is 11.0. The molecule has 18 heavy (non-hydrogen) atoms. The predicted molar refractivity (Wildman–Crippen MR) is 68.9 cm³/mol. The number of methoxy groups -OCH3 is 1. The molecule has 0 radical (unpaired) electrons. The lowest BCUT2D eigenvalue weighted by atomic mass is 9.97. The molecule has 2 atom stereocenters. The number of hydrogen-bond acceptors (Lipinski definition) is 3. The fourth-order valence-corrected chi connectivity index (χ4v) is 2.57. The topological polar surface area (TPSA) is 58.6 Å². The Morgan fingerprint density at radius 3 is 2.89 bits per heavy atom. The van der Waals surface area contributed by atoms with Crippen molar-refractivity contribution in [2.45, 2.75) is 25.8 Å². The number of benzene rings is 1. The van der Waals surface area contributed by atoms with E-state index in [9.17, 15) is 4.79 Å². The minimum Gasteiger partial charge on any atom is -0.496 e. The van der Waals surface area contributed by atoms with Crippen LogP contribution in [0.5, 0.6) is 5.75 Å². The van der Waals surface area contributed by atoms with Crippen LogP contribution in [0.15, 0.2) is 18.2 Å². The van der Waals surface area contributed by atoms with Gasteiger partial charge in [0.25, 0.3) is 0 Å². The van der Waals surface area contributed by atoms with Gasteiger partial charge in [-0.15, -0.1) is 0 Å². The third kappa shape index (κ3) is 2.34. The normalized spacial score (nSPS) is 23.0. The summed E-state index contributed by atoms with van der Waals surface area (Å²) >= 11 is 0. The van der Waals surface area contributed by atoms with Crippen molar-refractivity contribution >= 4 is 5.97 Å². The van der Waals surface area contributed by atoms with Crippen LogP contribution in [-0.2, 0) is 11.2 Å².